The minimum atomic E-state index is -0.446. The molecule has 0 aliphatic rings. The van der Waals surface area contributed by atoms with Crippen molar-refractivity contribution in [2.45, 2.75) is 20.8 Å². The number of nitrogens with zero attached hydrogens (tertiary/aromatic N) is 2. The third kappa shape index (κ3) is 4.71. The molecule has 0 aliphatic heterocycles. The minimum Gasteiger partial charge on any atom is -0.497 e. The molecule has 1 aromatic heterocycles. The summed E-state index contributed by atoms with van der Waals surface area (Å²) in [6.45, 7) is 5.88. The Kier molecular flexibility index (Phi) is 6.10. The Morgan fingerprint density at radius 3 is 2.59 bits per heavy atom. The molecule has 5 nitrogen and oxygen atoms in total. The van der Waals surface area contributed by atoms with E-state index in [1.807, 2.05) is 68.6 Å². The second-order valence-corrected chi connectivity index (χ2v) is 7.57. The molecule has 1 heterocycles. The molecule has 0 saturated carbocycles. The normalized spacial score (nSPS) is 11.1. The summed E-state index contributed by atoms with van der Waals surface area (Å²) in [5, 5.41) is 15.0. The highest BCUT2D eigenvalue weighted by atomic mass is 32.1. The molecular formula is C23H21N3O2S. The Morgan fingerprint density at radius 1 is 1.21 bits per heavy atom. The zero-order valence-electron chi connectivity index (χ0n) is 16.7. The molecule has 0 atom stereocenters. The van der Waals surface area contributed by atoms with E-state index in [9.17, 15) is 10.1 Å². The fourth-order valence-corrected chi connectivity index (χ4v) is 3.87. The molecular weight excluding hydrogens is 382 g/mol. The van der Waals surface area contributed by atoms with E-state index in [1.54, 1.807) is 7.11 Å². The van der Waals surface area contributed by atoms with E-state index >= 15 is 0 Å². The maximum absolute atomic E-state index is 12.7. The number of ether oxygens (including phenoxy) is 1. The van der Waals surface area contributed by atoms with Gasteiger partial charge in [-0.05, 0) is 50.1 Å². The number of aromatic nitrogens is 1. The molecule has 0 bridgehead atoms. The maximum Gasteiger partial charge on any atom is 0.266 e. The van der Waals surface area contributed by atoms with Crippen LogP contribution in [0.1, 0.15) is 22.4 Å². The third-order valence-electron chi connectivity index (χ3n) is 4.41. The van der Waals surface area contributed by atoms with Crippen molar-refractivity contribution in [3.8, 4) is 22.4 Å². The smallest absolute Gasteiger partial charge is 0.266 e. The molecule has 3 rings (SSSR count). The first kappa shape index (κ1) is 20.3. The molecule has 6 heteroatoms. The van der Waals surface area contributed by atoms with Crippen molar-refractivity contribution in [1.82, 2.24) is 4.98 Å². The largest absolute Gasteiger partial charge is 0.497 e. The van der Waals surface area contributed by atoms with Crippen LogP contribution in [-0.2, 0) is 4.79 Å². The van der Waals surface area contributed by atoms with Crippen LogP contribution in [0.5, 0.6) is 5.75 Å². The van der Waals surface area contributed by atoms with E-state index < -0.39 is 5.91 Å². The van der Waals surface area contributed by atoms with Gasteiger partial charge in [-0.15, -0.1) is 11.3 Å². The number of hydrogen-bond donors (Lipinski definition) is 1. The summed E-state index contributed by atoms with van der Waals surface area (Å²) in [7, 11) is 1.62. The zero-order chi connectivity index (χ0) is 21.0. The van der Waals surface area contributed by atoms with Crippen LogP contribution in [-0.4, -0.2) is 18.0 Å². The quantitative estimate of drug-likeness (QED) is 0.464. The zero-order valence-corrected chi connectivity index (χ0v) is 17.6. The number of methoxy groups -OCH3 is 1. The lowest BCUT2D eigenvalue weighted by molar-refractivity contribution is -0.112. The topological polar surface area (TPSA) is 75.0 Å². The first-order chi connectivity index (χ1) is 13.9. The fourth-order valence-electron chi connectivity index (χ4n) is 3.10. The number of aryl methyl sites for hydroxylation is 3. The monoisotopic (exact) mass is 403 g/mol. The van der Waals surface area contributed by atoms with E-state index in [1.165, 1.54) is 17.4 Å². The lowest BCUT2D eigenvalue weighted by atomic mass is 10.0. The van der Waals surface area contributed by atoms with Crippen LogP contribution in [0, 0.1) is 32.1 Å². The average molecular weight is 404 g/mol. The lowest BCUT2D eigenvalue weighted by Gasteiger charge is -2.12. The first-order valence-electron chi connectivity index (χ1n) is 9.02. The van der Waals surface area contributed by atoms with E-state index in [2.05, 4.69) is 10.3 Å². The Bertz CT molecular complexity index is 1120. The number of nitriles is 1. The van der Waals surface area contributed by atoms with Gasteiger partial charge in [-0.1, -0.05) is 29.8 Å². The van der Waals surface area contributed by atoms with E-state index in [0.717, 1.165) is 38.7 Å². The summed E-state index contributed by atoms with van der Waals surface area (Å²) in [4.78, 5) is 17.2. The Labute approximate surface area is 174 Å². The molecule has 0 unspecified atom stereocenters. The number of thiazole rings is 1. The van der Waals surface area contributed by atoms with Crippen LogP contribution in [0.3, 0.4) is 0 Å². The van der Waals surface area contributed by atoms with Crippen LogP contribution < -0.4 is 10.1 Å². The summed E-state index contributed by atoms with van der Waals surface area (Å²) in [6.07, 6.45) is 1.51. The molecule has 2 aromatic carbocycles. The average Bonchev–Trinajstić information content (AvgIpc) is 3.17. The lowest BCUT2D eigenvalue weighted by Crippen LogP contribution is -2.15. The number of anilines is 1. The predicted molar refractivity (Wildman–Crippen MR) is 117 cm³/mol. The molecule has 1 amide bonds. The standard InChI is InChI=1S/C23H21N3O2S/c1-14-8-15(2)21(16(3)9-14)26-22(27)18(12-24)10-19-13-29-23(25-19)17-6-5-7-20(11-17)28-4/h5-11,13H,1-4H3,(H,26,27)/b18-10+. The molecule has 146 valence electrons. The van der Waals surface area contributed by atoms with Crippen molar-refractivity contribution in [1.29, 1.82) is 5.26 Å². The van der Waals surface area contributed by atoms with Gasteiger partial charge in [0.05, 0.1) is 12.8 Å². The first-order valence-corrected chi connectivity index (χ1v) is 9.90. The highest BCUT2D eigenvalue weighted by Crippen LogP contribution is 2.28. The molecule has 1 N–H and O–H groups in total. The van der Waals surface area contributed by atoms with E-state index in [4.69, 9.17) is 4.74 Å². The van der Waals surface area contributed by atoms with Crippen molar-refractivity contribution >= 4 is 29.0 Å². The molecule has 0 radical (unpaired) electrons. The van der Waals surface area contributed by atoms with Gasteiger partial charge >= 0.3 is 0 Å². The summed E-state index contributed by atoms with van der Waals surface area (Å²) in [6, 6.07) is 13.6. The van der Waals surface area contributed by atoms with Crippen molar-refractivity contribution < 1.29 is 9.53 Å². The van der Waals surface area contributed by atoms with Gasteiger partial charge in [-0.2, -0.15) is 5.26 Å². The number of amides is 1. The SMILES string of the molecule is COc1cccc(-c2nc(/C=C(\C#N)C(=O)Nc3c(C)cc(C)cc3C)cs2)c1. The van der Waals surface area contributed by atoms with Crippen molar-refractivity contribution in [3.63, 3.8) is 0 Å². The van der Waals surface area contributed by atoms with Crippen LogP contribution in [0.2, 0.25) is 0 Å². The van der Waals surface area contributed by atoms with Crippen molar-refractivity contribution in [2.24, 2.45) is 0 Å². The second-order valence-electron chi connectivity index (χ2n) is 6.71. The predicted octanol–water partition coefficient (Wildman–Crippen LogP) is 5.29. The molecule has 3 aromatic rings. The van der Waals surface area contributed by atoms with Gasteiger partial charge in [0, 0.05) is 16.6 Å². The molecule has 0 spiro atoms. The number of carbonyl (C=O) groups excluding carboxylic acids is 1. The van der Waals surface area contributed by atoms with Crippen molar-refractivity contribution in [2.75, 3.05) is 12.4 Å². The Balaban J connectivity index is 1.84. The molecule has 0 saturated heterocycles. The number of carbonyl (C=O) groups is 1. The van der Waals surface area contributed by atoms with E-state index in [-0.39, 0.29) is 5.57 Å². The van der Waals surface area contributed by atoms with Gasteiger partial charge in [-0.3, -0.25) is 4.79 Å². The summed E-state index contributed by atoms with van der Waals surface area (Å²) < 4.78 is 5.25. The molecule has 0 aliphatic carbocycles. The summed E-state index contributed by atoms with van der Waals surface area (Å²) >= 11 is 1.44. The van der Waals surface area contributed by atoms with Crippen LogP contribution in [0.15, 0.2) is 47.4 Å². The van der Waals surface area contributed by atoms with Gasteiger partial charge in [0.25, 0.3) is 5.91 Å². The highest BCUT2D eigenvalue weighted by Gasteiger charge is 2.14. The van der Waals surface area contributed by atoms with Crippen LogP contribution >= 0.6 is 11.3 Å². The number of benzene rings is 2. The molecule has 29 heavy (non-hydrogen) atoms. The molecule has 0 fully saturated rings. The van der Waals surface area contributed by atoms with Crippen molar-refractivity contribution in [3.05, 3.63) is 69.7 Å². The van der Waals surface area contributed by atoms with Gasteiger partial charge in [0.15, 0.2) is 0 Å². The minimum absolute atomic E-state index is 0.00636. The van der Waals surface area contributed by atoms with Gasteiger partial charge in [0.2, 0.25) is 0 Å². The second kappa shape index (κ2) is 8.72. The number of nitrogens with one attached hydrogen (secondary N) is 1. The third-order valence-corrected chi connectivity index (χ3v) is 5.32. The Morgan fingerprint density at radius 2 is 1.93 bits per heavy atom. The summed E-state index contributed by atoms with van der Waals surface area (Å²) in [5.41, 5.74) is 5.27. The Hall–Kier alpha value is -3.43. The summed E-state index contributed by atoms with van der Waals surface area (Å²) in [5.74, 6) is 0.300. The van der Waals surface area contributed by atoms with Crippen LogP contribution in [0.4, 0.5) is 5.69 Å². The van der Waals surface area contributed by atoms with Gasteiger partial charge < -0.3 is 10.1 Å². The van der Waals surface area contributed by atoms with E-state index in [0.29, 0.717) is 5.69 Å². The number of rotatable bonds is 5. The maximum atomic E-state index is 12.7. The highest BCUT2D eigenvalue weighted by molar-refractivity contribution is 7.13. The number of hydrogen-bond acceptors (Lipinski definition) is 5. The fraction of sp³-hybridized carbons (Fsp3) is 0.174. The van der Waals surface area contributed by atoms with Crippen LogP contribution in [0.25, 0.3) is 16.6 Å². The van der Waals surface area contributed by atoms with Gasteiger partial charge in [0.1, 0.15) is 22.4 Å². The van der Waals surface area contributed by atoms with Gasteiger partial charge in [-0.25, -0.2) is 4.98 Å².